The summed E-state index contributed by atoms with van der Waals surface area (Å²) in [5.74, 6) is -0.125. The molecule has 1 heterocycles. The molecular weight excluding hydrogens is 192 g/mol. The molecular formula is C11H20N2O2. The summed E-state index contributed by atoms with van der Waals surface area (Å²) in [6, 6.07) is 0. The first-order valence-corrected chi connectivity index (χ1v) is 5.87. The molecule has 3 N–H and O–H groups in total. The second-order valence-corrected chi connectivity index (χ2v) is 4.88. The molecule has 2 rings (SSSR count). The molecule has 0 aromatic carbocycles. The predicted octanol–water partition coefficient (Wildman–Crippen LogP) is 0.664. The Morgan fingerprint density at radius 2 is 2.13 bits per heavy atom. The standard InChI is InChI=1S/C11H20N2O2/c12-7-9-3-6-13(8-9)11(10(14)15)4-1-2-5-11/h9H,1-8,12H2,(H,14,15). The van der Waals surface area contributed by atoms with Crippen LogP contribution in [-0.2, 0) is 4.79 Å². The fraction of sp³-hybridized carbons (Fsp3) is 0.909. The summed E-state index contributed by atoms with van der Waals surface area (Å²) in [5.41, 5.74) is 5.09. The Hall–Kier alpha value is -0.610. The van der Waals surface area contributed by atoms with E-state index in [2.05, 4.69) is 4.90 Å². The van der Waals surface area contributed by atoms with Crippen molar-refractivity contribution in [3.8, 4) is 0 Å². The Labute approximate surface area is 90.4 Å². The van der Waals surface area contributed by atoms with Crippen molar-refractivity contribution < 1.29 is 9.90 Å². The number of rotatable bonds is 3. The molecule has 0 aromatic heterocycles. The third-order valence-electron chi connectivity index (χ3n) is 4.05. The molecule has 0 aromatic rings. The summed E-state index contributed by atoms with van der Waals surface area (Å²) >= 11 is 0. The first kappa shape index (κ1) is 10.9. The van der Waals surface area contributed by atoms with E-state index in [1.54, 1.807) is 0 Å². The molecule has 15 heavy (non-hydrogen) atoms. The Morgan fingerprint density at radius 3 is 2.60 bits per heavy atom. The molecule has 1 aliphatic carbocycles. The number of hydrogen-bond donors (Lipinski definition) is 2. The quantitative estimate of drug-likeness (QED) is 0.721. The zero-order valence-corrected chi connectivity index (χ0v) is 9.11. The number of hydrogen-bond acceptors (Lipinski definition) is 3. The lowest BCUT2D eigenvalue weighted by Gasteiger charge is -2.34. The van der Waals surface area contributed by atoms with E-state index < -0.39 is 11.5 Å². The van der Waals surface area contributed by atoms with Crippen molar-refractivity contribution in [1.82, 2.24) is 4.90 Å². The first-order chi connectivity index (χ1) is 7.19. The normalized spacial score (nSPS) is 30.9. The van der Waals surface area contributed by atoms with Gasteiger partial charge in [-0.3, -0.25) is 9.69 Å². The number of carboxylic acid groups (broad SMARTS) is 1. The highest BCUT2D eigenvalue weighted by Crippen LogP contribution is 2.38. The van der Waals surface area contributed by atoms with Crippen LogP contribution in [0.3, 0.4) is 0 Å². The molecule has 0 bridgehead atoms. The SMILES string of the molecule is NCC1CCN(C2(C(=O)O)CCCC2)C1. The van der Waals surface area contributed by atoms with E-state index >= 15 is 0 Å². The van der Waals surface area contributed by atoms with Crippen LogP contribution in [0.2, 0.25) is 0 Å². The molecule has 0 amide bonds. The number of aliphatic carboxylic acids is 1. The van der Waals surface area contributed by atoms with Crippen LogP contribution in [0, 0.1) is 5.92 Å². The Morgan fingerprint density at radius 1 is 1.47 bits per heavy atom. The molecule has 0 radical (unpaired) electrons. The Kier molecular flexibility index (Phi) is 2.98. The van der Waals surface area contributed by atoms with Gasteiger partial charge in [-0.25, -0.2) is 0 Å². The molecule has 1 unspecified atom stereocenters. The van der Waals surface area contributed by atoms with Crippen molar-refractivity contribution in [3.63, 3.8) is 0 Å². The van der Waals surface area contributed by atoms with E-state index in [1.165, 1.54) is 0 Å². The van der Waals surface area contributed by atoms with Crippen LogP contribution >= 0.6 is 0 Å². The highest BCUT2D eigenvalue weighted by molar-refractivity contribution is 5.79. The zero-order chi connectivity index (χ0) is 10.9. The van der Waals surface area contributed by atoms with Crippen molar-refractivity contribution in [2.75, 3.05) is 19.6 Å². The fourth-order valence-electron chi connectivity index (χ4n) is 3.04. The molecule has 2 fully saturated rings. The summed E-state index contributed by atoms with van der Waals surface area (Å²) in [6.07, 6.45) is 4.80. The average molecular weight is 212 g/mol. The molecule has 1 saturated carbocycles. The molecule has 1 aliphatic heterocycles. The maximum absolute atomic E-state index is 11.4. The third-order valence-corrected chi connectivity index (χ3v) is 4.05. The number of carboxylic acids is 1. The number of likely N-dealkylation sites (tertiary alicyclic amines) is 1. The second-order valence-electron chi connectivity index (χ2n) is 4.88. The third kappa shape index (κ3) is 1.76. The van der Waals surface area contributed by atoms with Crippen molar-refractivity contribution in [2.45, 2.75) is 37.6 Å². The van der Waals surface area contributed by atoms with Crippen molar-refractivity contribution in [2.24, 2.45) is 11.7 Å². The average Bonchev–Trinajstić information content (AvgIpc) is 2.87. The predicted molar refractivity (Wildman–Crippen MR) is 57.6 cm³/mol. The minimum absolute atomic E-state index is 0.502. The minimum Gasteiger partial charge on any atom is -0.480 e. The van der Waals surface area contributed by atoms with E-state index in [-0.39, 0.29) is 0 Å². The smallest absolute Gasteiger partial charge is 0.324 e. The van der Waals surface area contributed by atoms with Crippen LogP contribution in [0.1, 0.15) is 32.1 Å². The van der Waals surface area contributed by atoms with E-state index in [0.29, 0.717) is 12.5 Å². The summed E-state index contributed by atoms with van der Waals surface area (Å²) < 4.78 is 0. The lowest BCUT2D eigenvalue weighted by Crippen LogP contribution is -2.51. The van der Waals surface area contributed by atoms with Gasteiger partial charge in [-0.1, -0.05) is 12.8 Å². The Bertz CT molecular complexity index is 249. The number of carbonyl (C=O) groups is 1. The van der Waals surface area contributed by atoms with Gasteiger partial charge in [-0.15, -0.1) is 0 Å². The van der Waals surface area contributed by atoms with Gasteiger partial charge in [-0.2, -0.15) is 0 Å². The Balaban J connectivity index is 2.09. The molecule has 0 spiro atoms. The van der Waals surface area contributed by atoms with E-state index in [0.717, 1.165) is 45.2 Å². The van der Waals surface area contributed by atoms with Gasteiger partial charge in [0.05, 0.1) is 0 Å². The van der Waals surface area contributed by atoms with E-state index in [4.69, 9.17) is 5.73 Å². The summed E-state index contributed by atoms with van der Waals surface area (Å²) in [6.45, 7) is 2.48. The second kappa shape index (κ2) is 4.10. The largest absolute Gasteiger partial charge is 0.480 e. The molecule has 4 heteroatoms. The lowest BCUT2D eigenvalue weighted by atomic mass is 9.95. The summed E-state index contributed by atoms with van der Waals surface area (Å²) in [5, 5.41) is 9.41. The topological polar surface area (TPSA) is 66.6 Å². The maximum atomic E-state index is 11.4. The van der Waals surface area contributed by atoms with Crippen LogP contribution in [0.4, 0.5) is 0 Å². The number of nitrogens with zero attached hydrogens (tertiary/aromatic N) is 1. The van der Waals surface area contributed by atoms with Crippen LogP contribution in [0.25, 0.3) is 0 Å². The summed E-state index contributed by atoms with van der Waals surface area (Å²) in [7, 11) is 0. The van der Waals surface area contributed by atoms with E-state index in [1.807, 2.05) is 0 Å². The fourth-order valence-corrected chi connectivity index (χ4v) is 3.04. The van der Waals surface area contributed by atoms with Gasteiger partial charge in [0.25, 0.3) is 0 Å². The van der Waals surface area contributed by atoms with Gasteiger partial charge >= 0.3 is 5.97 Å². The first-order valence-electron chi connectivity index (χ1n) is 5.87. The van der Waals surface area contributed by atoms with Crippen LogP contribution in [0.15, 0.2) is 0 Å². The minimum atomic E-state index is -0.627. The molecule has 86 valence electrons. The van der Waals surface area contributed by atoms with Gasteiger partial charge in [0, 0.05) is 6.54 Å². The van der Waals surface area contributed by atoms with Crippen LogP contribution < -0.4 is 5.73 Å². The zero-order valence-electron chi connectivity index (χ0n) is 9.11. The maximum Gasteiger partial charge on any atom is 0.324 e. The van der Waals surface area contributed by atoms with Crippen LogP contribution in [-0.4, -0.2) is 41.1 Å². The molecule has 2 aliphatic rings. The van der Waals surface area contributed by atoms with Crippen molar-refractivity contribution in [1.29, 1.82) is 0 Å². The van der Waals surface area contributed by atoms with E-state index in [9.17, 15) is 9.90 Å². The van der Waals surface area contributed by atoms with Gasteiger partial charge in [-0.05, 0) is 38.3 Å². The number of nitrogens with two attached hydrogens (primary N) is 1. The molecule has 1 atom stereocenters. The van der Waals surface area contributed by atoms with Gasteiger partial charge in [0.2, 0.25) is 0 Å². The lowest BCUT2D eigenvalue weighted by molar-refractivity contribution is -0.150. The highest BCUT2D eigenvalue weighted by atomic mass is 16.4. The van der Waals surface area contributed by atoms with Gasteiger partial charge < -0.3 is 10.8 Å². The summed E-state index contributed by atoms with van der Waals surface area (Å²) in [4.78, 5) is 13.6. The monoisotopic (exact) mass is 212 g/mol. The molecule has 4 nitrogen and oxygen atoms in total. The molecule has 1 saturated heterocycles. The highest BCUT2D eigenvalue weighted by Gasteiger charge is 2.48. The van der Waals surface area contributed by atoms with Crippen molar-refractivity contribution >= 4 is 5.97 Å². The van der Waals surface area contributed by atoms with Crippen LogP contribution in [0.5, 0.6) is 0 Å². The van der Waals surface area contributed by atoms with Crippen molar-refractivity contribution in [3.05, 3.63) is 0 Å². The van der Waals surface area contributed by atoms with Gasteiger partial charge in [0.15, 0.2) is 0 Å². The van der Waals surface area contributed by atoms with Gasteiger partial charge in [0.1, 0.15) is 5.54 Å².